The number of carbonyl (C=O) groups excluding carboxylic acids is 5. The zero-order valence-electron chi connectivity index (χ0n) is 49.8. The van der Waals surface area contributed by atoms with E-state index in [0.717, 1.165) is 102 Å². The van der Waals surface area contributed by atoms with Gasteiger partial charge in [-0.25, -0.2) is 0 Å². The summed E-state index contributed by atoms with van der Waals surface area (Å²) in [4.78, 5) is 70.1. The molecular weight excluding hydrogens is 1040 g/mol. The van der Waals surface area contributed by atoms with Gasteiger partial charge >= 0.3 is 29.8 Å². The highest BCUT2D eigenvalue weighted by atomic mass is 33.1. The Labute approximate surface area is 479 Å². The quantitative estimate of drug-likeness (QED) is 0.0196. The minimum absolute atomic E-state index is 0.0925. The van der Waals surface area contributed by atoms with Crippen LogP contribution in [0.5, 0.6) is 0 Å². The van der Waals surface area contributed by atoms with Crippen molar-refractivity contribution in [2.45, 2.75) is 245 Å². The Hall–Kier alpha value is -2.27. The molecule has 1 heterocycles. The summed E-state index contributed by atoms with van der Waals surface area (Å²) in [5, 5.41) is 43.6. The maximum Gasteiger partial charge on any atom is 0.306 e. The van der Waals surface area contributed by atoms with Crippen LogP contribution in [-0.4, -0.2) is 215 Å². The first-order valence-electron chi connectivity index (χ1n) is 30.1. The second-order valence-corrected chi connectivity index (χ2v) is 24.4. The Morgan fingerprint density at radius 1 is 0.436 bits per heavy atom. The van der Waals surface area contributed by atoms with Crippen molar-refractivity contribution in [1.82, 2.24) is 19.6 Å². The minimum atomic E-state index is -0.727. The lowest BCUT2D eigenvalue weighted by molar-refractivity contribution is -0.150. The van der Waals surface area contributed by atoms with Crippen molar-refractivity contribution >= 4 is 51.4 Å². The average Bonchev–Trinajstić information content (AvgIpc) is 3.38. The van der Waals surface area contributed by atoms with Crippen molar-refractivity contribution in [1.29, 1.82) is 0 Å². The maximum absolute atomic E-state index is 12.8. The summed E-state index contributed by atoms with van der Waals surface area (Å²) in [5.41, 5.74) is 0. The van der Waals surface area contributed by atoms with Gasteiger partial charge in [0.05, 0.1) is 36.6 Å². The first-order valence-corrected chi connectivity index (χ1v) is 32.6. The molecule has 4 N–H and O–H groups in total. The zero-order valence-corrected chi connectivity index (χ0v) is 51.4. The molecule has 0 spiro atoms. The number of rotatable bonds is 50. The molecule has 4 unspecified atom stereocenters. The molecule has 1 fully saturated rings. The normalized spacial score (nSPS) is 15.1. The standard InChI is InChI=1S/C58H110N4O14S2/c1-9-52(10-2)75-57(70)28-19-24-50(65)44-62(45-51(66)25-20-29-58(71)76-53(11-3)12-4)32-21-30-54(67)72-39-37-59-33-35-60(36-34-59)38-41-78-77-40-18-17-31-61(42-48(63)22-13-15-26-55(68)73-46(5)6)43-49(64)23-14-16-27-56(69)74-47(7)8/h46-53,63-66H,9-45H2,1-8H3. The zero-order chi connectivity index (χ0) is 57.9. The fraction of sp³-hybridized carbons (Fsp3) is 0.914. The van der Waals surface area contributed by atoms with Crippen LogP contribution in [-0.2, 0) is 47.7 Å². The van der Waals surface area contributed by atoms with Crippen LogP contribution in [0.3, 0.4) is 0 Å². The molecule has 0 saturated carbocycles. The molecule has 4 atom stereocenters. The highest BCUT2D eigenvalue weighted by Gasteiger charge is 2.22. The summed E-state index contributed by atoms with van der Waals surface area (Å²) in [5.74, 6) is 0.815. The Morgan fingerprint density at radius 2 is 0.795 bits per heavy atom. The number of carbonyl (C=O) groups is 5. The summed E-state index contributed by atoms with van der Waals surface area (Å²) in [6.07, 6.45) is 9.53. The molecule has 0 aromatic rings. The van der Waals surface area contributed by atoms with E-state index in [1.807, 2.05) is 81.9 Å². The lowest BCUT2D eigenvalue weighted by Gasteiger charge is -2.34. The largest absolute Gasteiger partial charge is 0.464 e. The molecule has 458 valence electrons. The predicted octanol–water partition coefficient (Wildman–Crippen LogP) is 7.96. The van der Waals surface area contributed by atoms with Gasteiger partial charge in [-0.05, 0) is 137 Å². The van der Waals surface area contributed by atoms with Gasteiger partial charge in [0.15, 0.2) is 0 Å². The van der Waals surface area contributed by atoms with Gasteiger partial charge in [0.1, 0.15) is 18.8 Å². The van der Waals surface area contributed by atoms with Gasteiger partial charge in [0, 0.05) is 109 Å². The van der Waals surface area contributed by atoms with Gasteiger partial charge in [-0.2, -0.15) is 0 Å². The summed E-state index contributed by atoms with van der Waals surface area (Å²) < 4.78 is 27.1. The van der Waals surface area contributed by atoms with E-state index in [0.29, 0.717) is 103 Å². The molecular formula is C58H110N4O14S2. The lowest BCUT2D eigenvalue weighted by atomic mass is 10.1. The van der Waals surface area contributed by atoms with Gasteiger partial charge in [0.25, 0.3) is 0 Å². The van der Waals surface area contributed by atoms with Crippen molar-refractivity contribution in [3.63, 3.8) is 0 Å². The number of hydrogen-bond acceptors (Lipinski definition) is 20. The number of unbranched alkanes of at least 4 members (excludes halogenated alkanes) is 3. The Morgan fingerprint density at radius 3 is 1.22 bits per heavy atom. The van der Waals surface area contributed by atoms with Crippen molar-refractivity contribution in [2.24, 2.45) is 0 Å². The number of esters is 5. The topological polar surface area (TPSA) is 225 Å². The van der Waals surface area contributed by atoms with Crippen LogP contribution >= 0.6 is 21.6 Å². The highest BCUT2D eigenvalue weighted by molar-refractivity contribution is 8.76. The van der Waals surface area contributed by atoms with Crippen LogP contribution in [0.25, 0.3) is 0 Å². The predicted molar refractivity (Wildman–Crippen MR) is 312 cm³/mol. The fourth-order valence-corrected chi connectivity index (χ4v) is 11.4. The number of piperazine rings is 1. The molecule has 0 aliphatic carbocycles. The second kappa shape index (κ2) is 47.2. The van der Waals surface area contributed by atoms with E-state index in [1.54, 1.807) is 0 Å². The third kappa shape index (κ3) is 41.7. The number of ether oxygens (including phenoxy) is 5. The molecule has 1 rings (SSSR count). The maximum atomic E-state index is 12.8. The molecule has 1 aliphatic rings. The summed E-state index contributed by atoms with van der Waals surface area (Å²) in [6, 6.07) is 0. The first-order chi connectivity index (χ1) is 37.3. The number of nitrogens with zero attached hydrogens (tertiary/aromatic N) is 4. The smallest absolute Gasteiger partial charge is 0.306 e. The molecule has 78 heavy (non-hydrogen) atoms. The van der Waals surface area contributed by atoms with Crippen LogP contribution in [0.1, 0.15) is 197 Å². The molecule has 0 bridgehead atoms. The van der Waals surface area contributed by atoms with Gasteiger partial charge in [0.2, 0.25) is 0 Å². The van der Waals surface area contributed by atoms with Crippen molar-refractivity contribution in [3.8, 4) is 0 Å². The Bertz CT molecular complexity index is 1460. The van der Waals surface area contributed by atoms with E-state index in [2.05, 4.69) is 14.7 Å². The van der Waals surface area contributed by atoms with E-state index in [1.165, 1.54) is 0 Å². The van der Waals surface area contributed by atoms with Gasteiger partial charge in [-0.15, -0.1) is 0 Å². The molecule has 1 saturated heterocycles. The third-order valence-corrected chi connectivity index (χ3v) is 16.2. The molecule has 20 heteroatoms. The molecule has 0 radical (unpaired) electrons. The molecule has 0 amide bonds. The van der Waals surface area contributed by atoms with Crippen LogP contribution in [0.15, 0.2) is 0 Å². The van der Waals surface area contributed by atoms with Gasteiger partial charge in [-0.1, -0.05) is 62.1 Å². The van der Waals surface area contributed by atoms with Crippen molar-refractivity contribution in [2.75, 3.05) is 96.6 Å². The van der Waals surface area contributed by atoms with E-state index < -0.39 is 24.4 Å². The first kappa shape index (κ1) is 73.7. The molecule has 0 aromatic carbocycles. The minimum Gasteiger partial charge on any atom is -0.464 e. The molecule has 0 aromatic heterocycles. The average molecular weight is 1150 g/mol. The summed E-state index contributed by atoms with van der Waals surface area (Å²) in [7, 11) is 3.77. The van der Waals surface area contributed by atoms with Gasteiger partial charge < -0.3 is 44.1 Å². The van der Waals surface area contributed by atoms with Crippen molar-refractivity contribution < 1.29 is 68.1 Å². The van der Waals surface area contributed by atoms with E-state index >= 15 is 0 Å². The Balaban J connectivity index is 2.44. The monoisotopic (exact) mass is 1150 g/mol. The SMILES string of the molecule is CCC(CC)OC(=O)CCCC(O)CN(CCCC(=O)OCCN1CCN(CCSSCCCCN(CC(O)CCCCC(=O)OC(C)C)CC(O)CCCCC(=O)OC(C)C)CC1)CC(O)CCCC(=O)OC(CC)CC. The lowest BCUT2D eigenvalue weighted by Crippen LogP contribution is -2.47. The molecule has 18 nitrogen and oxygen atoms in total. The third-order valence-electron chi connectivity index (χ3n) is 13.7. The second-order valence-electron chi connectivity index (χ2n) is 21.7. The van der Waals surface area contributed by atoms with Crippen LogP contribution < -0.4 is 0 Å². The number of hydrogen-bond donors (Lipinski definition) is 4. The van der Waals surface area contributed by atoms with Crippen molar-refractivity contribution in [3.05, 3.63) is 0 Å². The van der Waals surface area contributed by atoms with Crippen LogP contribution in [0, 0.1) is 0 Å². The van der Waals surface area contributed by atoms with E-state index in [-0.39, 0.29) is 86.6 Å². The number of aliphatic hydroxyl groups is 4. The number of aliphatic hydroxyl groups excluding tert-OH is 4. The molecule has 1 aliphatic heterocycles. The van der Waals surface area contributed by atoms with Gasteiger partial charge in [-0.3, -0.25) is 43.6 Å². The van der Waals surface area contributed by atoms with Crippen LogP contribution in [0.4, 0.5) is 0 Å². The van der Waals surface area contributed by atoms with E-state index in [4.69, 9.17) is 23.7 Å². The highest BCUT2D eigenvalue weighted by Crippen LogP contribution is 2.23. The fourth-order valence-electron chi connectivity index (χ4n) is 9.20. The van der Waals surface area contributed by atoms with E-state index in [9.17, 15) is 44.4 Å². The van der Waals surface area contributed by atoms with Crippen LogP contribution in [0.2, 0.25) is 0 Å². The summed E-state index contributed by atoms with van der Waals surface area (Å²) in [6.45, 7) is 23.7. The Kier molecular flexibility index (Phi) is 44.7. The summed E-state index contributed by atoms with van der Waals surface area (Å²) >= 11 is 0.